The van der Waals surface area contributed by atoms with Gasteiger partial charge in [0.25, 0.3) is 0 Å². The van der Waals surface area contributed by atoms with Gasteiger partial charge in [0, 0.05) is 22.5 Å². The van der Waals surface area contributed by atoms with Crippen molar-refractivity contribution in [3.8, 4) is 0 Å². The Balaban J connectivity index is 1.50. The molecule has 0 saturated heterocycles. The Morgan fingerprint density at radius 1 is 1.15 bits per heavy atom. The molecule has 0 aromatic carbocycles. The molecule has 0 aliphatic heterocycles. The van der Waals surface area contributed by atoms with Gasteiger partial charge in [0.15, 0.2) is 0 Å². The summed E-state index contributed by atoms with van der Waals surface area (Å²) in [6.07, 6.45) is 13.1. The maximum Gasteiger partial charge on any atom is 0.302 e. The molecule has 4 aliphatic rings. The van der Waals surface area contributed by atoms with Crippen LogP contribution in [0.2, 0.25) is 0 Å². The zero-order chi connectivity index (χ0) is 25.1. The van der Waals surface area contributed by atoms with Gasteiger partial charge in [-0.2, -0.15) is 0 Å². The molecule has 1 N–H and O–H groups in total. The van der Waals surface area contributed by atoms with E-state index < -0.39 is 5.60 Å². The van der Waals surface area contributed by atoms with Gasteiger partial charge in [-0.3, -0.25) is 4.79 Å². The first-order chi connectivity index (χ1) is 15.7. The van der Waals surface area contributed by atoms with E-state index in [9.17, 15) is 9.90 Å². The lowest BCUT2D eigenvalue weighted by molar-refractivity contribution is -0.155. The first kappa shape index (κ1) is 27.4. The molecule has 10 atom stereocenters. The van der Waals surface area contributed by atoms with Gasteiger partial charge in [0.05, 0.1) is 5.60 Å². The molecule has 3 nitrogen and oxygen atoms in total. The lowest BCUT2D eigenvalue weighted by atomic mass is 9.44. The van der Waals surface area contributed by atoms with Crippen molar-refractivity contribution in [2.45, 2.75) is 133 Å². The van der Waals surface area contributed by atoms with Crippen molar-refractivity contribution < 1.29 is 14.6 Å². The minimum atomic E-state index is -0.543. The standard InChI is InChI=1S/C29H48Br2O3/c1-18(8-7-13-26(3,4)33)22-9-10-23-21-16-25(30)29(31)17-20(34-19(2)32)11-15-28(29,6)24(21)12-14-27(22,23)5/h18,20-25,33H,7-17H2,1-6H3/t18-,20+,21+,22-,23+,24+,25-,27-,28-,29+/m1/s1. The lowest BCUT2D eigenvalue weighted by Crippen LogP contribution is -2.64. The number of ether oxygens (including phenoxy) is 1. The average Bonchev–Trinajstić information content (AvgIpc) is 3.06. The normalized spacial score (nSPS) is 47.3. The first-order valence-corrected chi connectivity index (χ1v) is 15.6. The summed E-state index contributed by atoms with van der Waals surface area (Å²) in [4.78, 5) is 12.1. The molecular formula is C29H48Br2O3. The van der Waals surface area contributed by atoms with Crippen molar-refractivity contribution in [1.29, 1.82) is 0 Å². The molecule has 0 bridgehead atoms. The zero-order valence-corrected chi connectivity index (χ0v) is 25.5. The highest BCUT2D eigenvalue weighted by Gasteiger charge is 2.67. The molecule has 0 amide bonds. The van der Waals surface area contributed by atoms with E-state index in [1.807, 2.05) is 13.8 Å². The number of hydrogen-bond acceptors (Lipinski definition) is 3. The Morgan fingerprint density at radius 2 is 1.85 bits per heavy atom. The van der Waals surface area contributed by atoms with E-state index >= 15 is 0 Å². The fraction of sp³-hybridized carbons (Fsp3) is 0.966. The second-order valence-corrected chi connectivity index (χ2v) is 16.3. The number of carbonyl (C=O) groups excluding carboxylic acids is 1. The van der Waals surface area contributed by atoms with Crippen molar-refractivity contribution in [1.82, 2.24) is 0 Å². The third kappa shape index (κ3) is 4.70. The number of alkyl halides is 2. The van der Waals surface area contributed by atoms with Gasteiger partial charge in [-0.05, 0) is 106 Å². The molecule has 0 aromatic heterocycles. The van der Waals surface area contributed by atoms with Gasteiger partial charge in [-0.25, -0.2) is 0 Å². The SMILES string of the molecule is CC(=O)O[C@H]1CC[C@]2(C)[C@H]3CC[C@]4(C)[C@@H]([C@H](C)CCCC(C)(C)O)CC[C@H]4[C@@H]3C[C@@H](Br)[C@@]2(Br)C1. The molecule has 4 aliphatic carbocycles. The summed E-state index contributed by atoms with van der Waals surface area (Å²) in [5, 5.41) is 10.2. The molecule has 34 heavy (non-hydrogen) atoms. The van der Waals surface area contributed by atoms with Crippen LogP contribution >= 0.6 is 31.9 Å². The van der Waals surface area contributed by atoms with E-state index in [1.165, 1.54) is 38.5 Å². The Hall–Kier alpha value is 0.390. The van der Waals surface area contributed by atoms with Crippen molar-refractivity contribution in [2.24, 2.45) is 40.4 Å². The zero-order valence-electron chi connectivity index (χ0n) is 22.3. The number of halogens is 2. The van der Waals surface area contributed by atoms with Gasteiger partial charge >= 0.3 is 5.97 Å². The lowest BCUT2D eigenvalue weighted by Gasteiger charge is -2.66. The highest BCUT2D eigenvalue weighted by molar-refractivity contribution is 9.12. The van der Waals surface area contributed by atoms with E-state index in [2.05, 4.69) is 52.6 Å². The number of hydrogen-bond donors (Lipinski definition) is 1. The van der Waals surface area contributed by atoms with Crippen LogP contribution in [0.3, 0.4) is 0 Å². The first-order valence-electron chi connectivity index (χ1n) is 13.9. The van der Waals surface area contributed by atoms with Gasteiger partial charge in [0.1, 0.15) is 6.10 Å². The fourth-order valence-electron chi connectivity index (χ4n) is 9.52. The molecule has 4 fully saturated rings. The highest BCUT2D eigenvalue weighted by Crippen LogP contribution is 2.71. The van der Waals surface area contributed by atoms with E-state index in [0.29, 0.717) is 10.2 Å². The quantitative estimate of drug-likeness (QED) is 0.247. The van der Waals surface area contributed by atoms with E-state index in [0.717, 1.165) is 61.7 Å². The van der Waals surface area contributed by atoms with Crippen LogP contribution in [0.25, 0.3) is 0 Å². The Bertz CT molecular complexity index is 765. The van der Waals surface area contributed by atoms with Gasteiger partial charge in [0.2, 0.25) is 0 Å². The Morgan fingerprint density at radius 3 is 2.50 bits per heavy atom. The van der Waals surface area contributed by atoms with Gasteiger partial charge < -0.3 is 9.84 Å². The summed E-state index contributed by atoms with van der Waals surface area (Å²) in [7, 11) is 0. The van der Waals surface area contributed by atoms with Crippen molar-refractivity contribution in [3.63, 3.8) is 0 Å². The monoisotopic (exact) mass is 602 g/mol. The molecule has 0 heterocycles. The molecule has 0 aromatic rings. The molecule has 0 radical (unpaired) electrons. The highest BCUT2D eigenvalue weighted by atomic mass is 79.9. The molecule has 4 saturated carbocycles. The summed E-state index contributed by atoms with van der Waals surface area (Å²) in [6, 6.07) is 0. The van der Waals surface area contributed by atoms with Crippen LogP contribution in [0, 0.1) is 40.4 Å². The maximum atomic E-state index is 11.7. The van der Waals surface area contributed by atoms with Crippen LogP contribution < -0.4 is 0 Å². The van der Waals surface area contributed by atoms with Crippen LogP contribution in [-0.2, 0) is 9.53 Å². The third-order valence-electron chi connectivity index (χ3n) is 11.2. The minimum Gasteiger partial charge on any atom is -0.463 e. The maximum absolute atomic E-state index is 11.7. The van der Waals surface area contributed by atoms with E-state index in [-0.39, 0.29) is 21.8 Å². The predicted octanol–water partition coefficient (Wildman–Crippen LogP) is 8.05. The number of fused-ring (bicyclic) bond motifs is 5. The summed E-state index contributed by atoms with van der Waals surface area (Å²) in [5.74, 6) is 3.78. The molecule has 196 valence electrons. The second kappa shape index (κ2) is 9.61. The summed E-state index contributed by atoms with van der Waals surface area (Å²) in [5.41, 5.74) is 0.150. The van der Waals surface area contributed by atoms with Crippen molar-refractivity contribution in [2.75, 3.05) is 0 Å². The number of carbonyl (C=O) groups is 1. The van der Waals surface area contributed by atoms with Gasteiger partial charge in [-0.15, -0.1) is 0 Å². The van der Waals surface area contributed by atoms with Crippen LogP contribution in [0.5, 0.6) is 0 Å². The van der Waals surface area contributed by atoms with E-state index in [4.69, 9.17) is 4.74 Å². The molecule has 0 unspecified atom stereocenters. The summed E-state index contributed by atoms with van der Waals surface area (Å²) in [6.45, 7) is 13.1. The Labute approximate surface area is 225 Å². The molecule has 4 rings (SSSR count). The van der Waals surface area contributed by atoms with Crippen LogP contribution in [0.4, 0.5) is 0 Å². The molecular weight excluding hydrogens is 556 g/mol. The second-order valence-electron chi connectivity index (χ2n) is 13.7. The number of esters is 1. The largest absolute Gasteiger partial charge is 0.463 e. The third-order valence-corrected chi connectivity index (χ3v) is 14.8. The summed E-state index contributed by atoms with van der Waals surface area (Å²) < 4.78 is 5.70. The molecule has 0 spiro atoms. The predicted molar refractivity (Wildman–Crippen MR) is 146 cm³/mol. The van der Waals surface area contributed by atoms with Crippen LogP contribution in [0.15, 0.2) is 0 Å². The van der Waals surface area contributed by atoms with Gasteiger partial charge in [-0.1, -0.05) is 65.5 Å². The number of aliphatic hydroxyl groups is 1. The topological polar surface area (TPSA) is 46.5 Å². The average molecular weight is 605 g/mol. The fourth-order valence-corrected chi connectivity index (χ4v) is 11.7. The van der Waals surface area contributed by atoms with Crippen molar-refractivity contribution >= 4 is 37.8 Å². The summed E-state index contributed by atoms with van der Waals surface area (Å²) >= 11 is 8.47. The minimum absolute atomic E-state index is 0.00430. The van der Waals surface area contributed by atoms with E-state index in [1.54, 1.807) is 6.92 Å². The van der Waals surface area contributed by atoms with Crippen molar-refractivity contribution in [3.05, 3.63) is 0 Å². The smallest absolute Gasteiger partial charge is 0.302 e. The van der Waals surface area contributed by atoms with Crippen LogP contribution in [-0.4, -0.2) is 31.9 Å². The number of rotatable bonds is 6. The van der Waals surface area contributed by atoms with Crippen LogP contribution in [0.1, 0.15) is 112 Å². The Kier molecular flexibility index (Phi) is 7.75. The molecule has 5 heteroatoms.